The van der Waals surface area contributed by atoms with E-state index >= 15 is 0 Å². The van der Waals surface area contributed by atoms with Crippen LogP contribution in [0.2, 0.25) is 0 Å². The number of ether oxygens (including phenoxy) is 1. The van der Waals surface area contributed by atoms with E-state index in [0.29, 0.717) is 5.11 Å². The van der Waals surface area contributed by atoms with Crippen LogP contribution < -0.4 is 16.0 Å². The fraction of sp³-hybridized carbons (Fsp3) is 0.368. The summed E-state index contributed by atoms with van der Waals surface area (Å²) < 4.78 is 5.35. The van der Waals surface area contributed by atoms with E-state index in [1.807, 2.05) is 24.3 Å². The van der Waals surface area contributed by atoms with Gasteiger partial charge in [0.1, 0.15) is 5.82 Å². The van der Waals surface area contributed by atoms with Crippen LogP contribution in [0.1, 0.15) is 5.56 Å². The maximum absolute atomic E-state index is 5.35. The van der Waals surface area contributed by atoms with Gasteiger partial charge in [-0.2, -0.15) is 0 Å². The van der Waals surface area contributed by atoms with Gasteiger partial charge in [0.2, 0.25) is 0 Å². The summed E-state index contributed by atoms with van der Waals surface area (Å²) in [5, 5.41) is 10.3. The van der Waals surface area contributed by atoms with E-state index in [1.165, 1.54) is 5.56 Å². The Morgan fingerprint density at radius 2 is 1.85 bits per heavy atom. The maximum Gasteiger partial charge on any atom is 0.170 e. The molecule has 138 valence electrons. The Morgan fingerprint density at radius 3 is 2.54 bits per heavy atom. The van der Waals surface area contributed by atoms with Gasteiger partial charge in [0.25, 0.3) is 0 Å². The predicted octanol–water partition coefficient (Wildman–Crippen LogP) is 2.75. The first-order valence-electron chi connectivity index (χ1n) is 8.84. The number of hydrogen-bond donors (Lipinski definition) is 3. The standard InChI is InChI=1S/C19H25N5OS/c1-15-2-4-16(5-3-15)22-18-7-6-17(14-21-18)23-19(26)20-8-9-24-10-12-25-13-11-24/h2-7,14H,8-13H2,1H3,(H,21,22)(H2,20,23,26). The van der Waals surface area contributed by atoms with Gasteiger partial charge in [-0.25, -0.2) is 4.98 Å². The van der Waals surface area contributed by atoms with E-state index < -0.39 is 0 Å². The molecule has 0 aliphatic carbocycles. The number of morpholine rings is 1. The minimum Gasteiger partial charge on any atom is -0.379 e. The van der Waals surface area contributed by atoms with Crippen molar-refractivity contribution in [3.8, 4) is 0 Å². The van der Waals surface area contributed by atoms with Crippen LogP contribution in [0.15, 0.2) is 42.6 Å². The minimum absolute atomic E-state index is 0.610. The van der Waals surface area contributed by atoms with Crippen molar-refractivity contribution in [2.24, 2.45) is 0 Å². The normalized spacial score (nSPS) is 14.7. The summed E-state index contributed by atoms with van der Waals surface area (Å²) in [4.78, 5) is 6.79. The van der Waals surface area contributed by atoms with Crippen LogP contribution in [-0.2, 0) is 4.74 Å². The zero-order valence-corrected chi connectivity index (χ0v) is 15.8. The van der Waals surface area contributed by atoms with Crippen molar-refractivity contribution >= 4 is 34.5 Å². The SMILES string of the molecule is Cc1ccc(Nc2ccc(NC(=S)NCCN3CCOCC3)cn2)cc1. The van der Waals surface area contributed by atoms with Crippen molar-refractivity contribution in [2.45, 2.75) is 6.92 Å². The molecule has 0 radical (unpaired) electrons. The second-order valence-electron chi connectivity index (χ2n) is 6.26. The van der Waals surface area contributed by atoms with Gasteiger partial charge >= 0.3 is 0 Å². The molecule has 0 saturated carbocycles. The molecular weight excluding hydrogens is 346 g/mol. The first-order valence-corrected chi connectivity index (χ1v) is 9.24. The molecule has 1 saturated heterocycles. The number of pyridine rings is 1. The lowest BCUT2D eigenvalue weighted by Crippen LogP contribution is -2.42. The number of benzene rings is 1. The molecule has 26 heavy (non-hydrogen) atoms. The highest BCUT2D eigenvalue weighted by atomic mass is 32.1. The number of thiocarbonyl (C=S) groups is 1. The van der Waals surface area contributed by atoms with Crippen molar-refractivity contribution in [1.82, 2.24) is 15.2 Å². The van der Waals surface area contributed by atoms with Gasteiger partial charge in [0, 0.05) is 31.9 Å². The molecule has 6 nitrogen and oxygen atoms in total. The summed E-state index contributed by atoms with van der Waals surface area (Å²) >= 11 is 5.34. The van der Waals surface area contributed by atoms with E-state index in [1.54, 1.807) is 6.20 Å². The molecule has 3 N–H and O–H groups in total. The van der Waals surface area contributed by atoms with Crippen LogP contribution in [0.4, 0.5) is 17.2 Å². The topological polar surface area (TPSA) is 61.5 Å². The number of nitrogens with one attached hydrogen (secondary N) is 3. The average molecular weight is 372 g/mol. The number of rotatable bonds is 6. The monoisotopic (exact) mass is 371 g/mol. The predicted molar refractivity (Wildman–Crippen MR) is 110 cm³/mol. The molecular formula is C19H25N5OS. The summed E-state index contributed by atoms with van der Waals surface area (Å²) in [5.74, 6) is 0.797. The van der Waals surface area contributed by atoms with E-state index in [-0.39, 0.29) is 0 Å². The smallest absolute Gasteiger partial charge is 0.170 e. The number of aromatic nitrogens is 1. The fourth-order valence-electron chi connectivity index (χ4n) is 2.65. The highest BCUT2D eigenvalue weighted by molar-refractivity contribution is 7.80. The van der Waals surface area contributed by atoms with Gasteiger partial charge in [0.05, 0.1) is 25.1 Å². The van der Waals surface area contributed by atoms with Crippen LogP contribution in [-0.4, -0.2) is 54.4 Å². The third-order valence-corrected chi connectivity index (χ3v) is 4.41. The van der Waals surface area contributed by atoms with Gasteiger partial charge < -0.3 is 20.7 Å². The molecule has 1 aromatic carbocycles. The van der Waals surface area contributed by atoms with Crippen LogP contribution in [0.25, 0.3) is 0 Å². The summed E-state index contributed by atoms with van der Waals surface area (Å²) in [6.07, 6.45) is 1.77. The quantitative estimate of drug-likeness (QED) is 0.675. The van der Waals surface area contributed by atoms with Crippen LogP contribution in [0, 0.1) is 6.92 Å². The summed E-state index contributed by atoms with van der Waals surface area (Å²) in [6, 6.07) is 12.1. The van der Waals surface area contributed by atoms with Gasteiger partial charge in [-0.1, -0.05) is 17.7 Å². The van der Waals surface area contributed by atoms with E-state index in [0.717, 1.165) is 56.6 Å². The molecule has 2 aromatic rings. The third kappa shape index (κ3) is 5.94. The number of aryl methyl sites for hydroxylation is 1. The molecule has 0 bridgehead atoms. The van der Waals surface area contributed by atoms with Gasteiger partial charge in [0.15, 0.2) is 5.11 Å². The molecule has 3 rings (SSSR count). The van der Waals surface area contributed by atoms with Crippen LogP contribution in [0.5, 0.6) is 0 Å². The lowest BCUT2D eigenvalue weighted by Gasteiger charge is -2.26. The molecule has 7 heteroatoms. The Bertz CT molecular complexity index is 699. The summed E-state index contributed by atoms with van der Waals surface area (Å²) in [7, 11) is 0. The van der Waals surface area contributed by atoms with E-state index in [4.69, 9.17) is 17.0 Å². The molecule has 1 aromatic heterocycles. The zero-order valence-electron chi connectivity index (χ0n) is 15.0. The fourth-order valence-corrected chi connectivity index (χ4v) is 2.87. The lowest BCUT2D eigenvalue weighted by molar-refractivity contribution is 0.0389. The van der Waals surface area contributed by atoms with E-state index in [2.05, 4.69) is 44.9 Å². The molecule has 2 heterocycles. The Balaban J connectivity index is 1.41. The Labute approximate surface area is 160 Å². The Morgan fingerprint density at radius 1 is 1.12 bits per heavy atom. The lowest BCUT2D eigenvalue weighted by atomic mass is 10.2. The number of anilines is 3. The molecule has 0 unspecified atom stereocenters. The molecule has 0 atom stereocenters. The summed E-state index contributed by atoms with van der Waals surface area (Å²) in [6.45, 7) is 7.45. The van der Waals surface area contributed by atoms with Crippen molar-refractivity contribution in [2.75, 3.05) is 50.0 Å². The molecule has 1 aliphatic rings. The van der Waals surface area contributed by atoms with Crippen molar-refractivity contribution < 1.29 is 4.74 Å². The molecule has 0 amide bonds. The second kappa shape index (κ2) is 9.47. The molecule has 0 spiro atoms. The van der Waals surface area contributed by atoms with Crippen LogP contribution in [0.3, 0.4) is 0 Å². The number of nitrogens with zero attached hydrogens (tertiary/aromatic N) is 2. The zero-order chi connectivity index (χ0) is 18.2. The Hall–Kier alpha value is -2.22. The molecule has 1 aliphatic heterocycles. The maximum atomic E-state index is 5.35. The first kappa shape index (κ1) is 18.6. The van der Waals surface area contributed by atoms with Gasteiger partial charge in [-0.05, 0) is 43.4 Å². The second-order valence-corrected chi connectivity index (χ2v) is 6.67. The van der Waals surface area contributed by atoms with Crippen molar-refractivity contribution in [3.63, 3.8) is 0 Å². The first-order chi connectivity index (χ1) is 12.7. The third-order valence-electron chi connectivity index (χ3n) is 4.16. The van der Waals surface area contributed by atoms with Crippen molar-refractivity contribution in [3.05, 3.63) is 48.2 Å². The van der Waals surface area contributed by atoms with Crippen molar-refractivity contribution in [1.29, 1.82) is 0 Å². The van der Waals surface area contributed by atoms with E-state index in [9.17, 15) is 0 Å². The molecule has 1 fully saturated rings. The number of hydrogen-bond acceptors (Lipinski definition) is 5. The average Bonchev–Trinajstić information content (AvgIpc) is 2.66. The highest BCUT2D eigenvalue weighted by Crippen LogP contribution is 2.16. The van der Waals surface area contributed by atoms with Gasteiger partial charge in [-0.15, -0.1) is 0 Å². The highest BCUT2D eigenvalue weighted by Gasteiger charge is 2.09. The summed E-state index contributed by atoms with van der Waals surface area (Å²) in [5.41, 5.74) is 3.12. The van der Waals surface area contributed by atoms with Gasteiger partial charge in [-0.3, -0.25) is 4.90 Å². The minimum atomic E-state index is 0.610. The Kier molecular flexibility index (Phi) is 6.76. The van der Waals surface area contributed by atoms with Crippen LogP contribution >= 0.6 is 12.2 Å². The largest absolute Gasteiger partial charge is 0.379 e.